The summed E-state index contributed by atoms with van der Waals surface area (Å²) < 4.78 is 10.9. The molecule has 0 aromatic heterocycles. The average Bonchev–Trinajstić information content (AvgIpc) is 2.48. The molecule has 0 heterocycles. The fourth-order valence-corrected chi connectivity index (χ4v) is 3.60. The topological polar surface area (TPSA) is 50.7 Å². The second kappa shape index (κ2) is 10.9. The molecule has 0 radical (unpaired) electrons. The van der Waals surface area contributed by atoms with E-state index in [4.69, 9.17) is 9.47 Å². The number of hydrogen-bond donors (Lipinski definition) is 2. The van der Waals surface area contributed by atoms with Crippen molar-refractivity contribution in [2.24, 2.45) is 0 Å². The van der Waals surface area contributed by atoms with Gasteiger partial charge in [-0.3, -0.25) is 0 Å². The number of ether oxygens (including phenoxy) is 2. The molecule has 1 unspecified atom stereocenters. The van der Waals surface area contributed by atoms with Gasteiger partial charge in [-0.1, -0.05) is 19.3 Å². The summed E-state index contributed by atoms with van der Waals surface area (Å²) in [5, 5.41) is 13.3. The molecule has 1 saturated carbocycles. The lowest BCUT2D eigenvalue weighted by molar-refractivity contribution is 0.00634. The minimum atomic E-state index is -0.431. The molecule has 0 aromatic rings. The van der Waals surface area contributed by atoms with Crippen LogP contribution in [-0.2, 0) is 9.47 Å². The zero-order valence-corrected chi connectivity index (χ0v) is 13.8. The van der Waals surface area contributed by atoms with Crippen LogP contribution < -0.4 is 5.32 Å². The second-order valence-electron chi connectivity index (χ2n) is 5.50. The van der Waals surface area contributed by atoms with E-state index in [9.17, 15) is 5.11 Å². The summed E-state index contributed by atoms with van der Waals surface area (Å²) >= 11 is 1.98. The maximum atomic E-state index is 9.86. The van der Waals surface area contributed by atoms with Crippen LogP contribution in [0.2, 0.25) is 0 Å². The van der Waals surface area contributed by atoms with Crippen LogP contribution in [0.1, 0.15) is 39.0 Å². The number of thioether (sulfide) groups is 1. The zero-order valence-electron chi connectivity index (χ0n) is 13.0. The summed E-state index contributed by atoms with van der Waals surface area (Å²) in [7, 11) is 0. The molecule has 0 aromatic carbocycles. The van der Waals surface area contributed by atoms with Crippen LogP contribution in [-0.4, -0.2) is 61.7 Å². The number of nitrogens with one attached hydrogen (secondary N) is 1. The van der Waals surface area contributed by atoms with Crippen molar-refractivity contribution < 1.29 is 14.6 Å². The molecule has 5 heteroatoms. The summed E-state index contributed by atoms with van der Waals surface area (Å²) in [6, 6.07) is 0. The van der Waals surface area contributed by atoms with Crippen molar-refractivity contribution in [3.63, 3.8) is 0 Å². The van der Waals surface area contributed by atoms with Gasteiger partial charge in [-0.15, -0.1) is 0 Å². The largest absolute Gasteiger partial charge is 0.389 e. The third kappa shape index (κ3) is 7.27. The van der Waals surface area contributed by atoms with E-state index in [0.29, 0.717) is 37.7 Å². The quantitative estimate of drug-likeness (QED) is 0.572. The summed E-state index contributed by atoms with van der Waals surface area (Å²) in [5.74, 6) is 0. The lowest BCUT2D eigenvalue weighted by atomic mass is 9.88. The zero-order chi connectivity index (χ0) is 14.7. The van der Waals surface area contributed by atoms with E-state index < -0.39 is 6.10 Å². The Morgan fingerprint density at radius 1 is 1.20 bits per heavy atom. The Hall–Kier alpha value is 0.190. The summed E-state index contributed by atoms with van der Waals surface area (Å²) in [4.78, 5) is 0. The van der Waals surface area contributed by atoms with Crippen LogP contribution in [0.15, 0.2) is 0 Å². The Balaban J connectivity index is 2.06. The molecule has 120 valence electrons. The molecule has 1 atom stereocenters. The Labute approximate surface area is 128 Å². The van der Waals surface area contributed by atoms with Crippen molar-refractivity contribution in [3.05, 3.63) is 0 Å². The Bertz CT molecular complexity index is 235. The highest BCUT2D eigenvalue weighted by Gasteiger charge is 2.30. The first-order chi connectivity index (χ1) is 9.72. The molecule has 4 nitrogen and oxygen atoms in total. The number of rotatable bonds is 11. The van der Waals surface area contributed by atoms with Crippen molar-refractivity contribution in [2.75, 3.05) is 45.8 Å². The van der Waals surface area contributed by atoms with Crippen LogP contribution in [0.4, 0.5) is 0 Å². The molecule has 0 spiro atoms. The van der Waals surface area contributed by atoms with Gasteiger partial charge in [0.05, 0.1) is 25.9 Å². The van der Waals surface area contributed by atoms with Crippen molar-refractivity contribution in [1.82, 2.24) is 5.32 Å². The fraction of sp³-hybridized carbons (Fsp3) is 1.00. The van der Waals surface area contributed by atoms with Gasteiger partial charge in [-0.05, 0) is 26.0 Å². The highest BCUT2D eigenvalue weighted by atomic mass is 32.2. The van der Waals surface area contributed by atoms with Gasteiger partial charge in [0.2, 0.25) is 0 Å². The summed E-state index contributed by atoms with van der Waals surface area (Å²) in [5.41, 5.74) is 0. The molecule has 2 N–H and O–H groups in total. The van der Waals surface area contributed by atoms with Crippen LogP contribution >= 0.6 is 11.8 Å². The highest BCUT2D eigenvalue weighted by molar-refractivity contribution is 8.00. The van der Waals surface area contributed by atoms with Gasteiger partial charge in [-0.25, -0.2) is 0 Å². The van der Waals surface area contributed by atoms with Crippen LogP contribution in [0, 0.1) is 0 Å². The third-order valence-electron chi connectivity index (χ3n) is 3.91. The first-order valence-corrected chi connectivity index (χ1v) is 9.04. The van der Waals surface area contributed by atoms with E-state index in [1.54, 1.807) is 0 Å². The molecule has 1 fully saturated rings. The highest BCUT2D eigenvalue weighted by Crippen LogP contribution is 2.37. The van der Waals surface area contributed by atoms with Crippen LogP contribution in [0.3, 0.4) is 0 Å². The Morgan fingerprint density at radius 3 is 2.55 bits per heavy atom. The molecule has 0 saturated heterocycles. The molecule has 1 rings (SSSR count). The minimum Gasteiger partial charge on any atom is -0.389 e. The van der Waals surface area contributed by atoms with Crippen molar-refractivity contribution >= 4 is 11.8 Å². The predicted molar refractivity (Wildman–Crippen MR) is 85.5 cm³/mol. The smallest absolute Gasteiger partial charge is 0.0897 e. The molecule has 1 aliphatic rings. The van der Waals surface area contributed by atoms with Gasteiger partial charge in [0, 0.05) is 24.4 Å². The molecule has 1 aliphatic carbocycles. The molecule has 0 aliphatic heterocycles. The van der Waals surface area contributed by atoms with E-state index in [2.05, 4.69) is 11.6 Å². The number of aliphatic hydroxyl groups excluding tert-OH is 1. The van der Waals surface area contributed by atoms with E-state index in [-0.39, 0.29) is 0 Å². The predicted octanol–water partition coefficient (Wildman–Crippen LogP) is 2.06. The van der Waals surface area contributed by atoms with Crippen molar-refractivity contribution in [3.8, 4) is 0 Å². The monoisotopic (exact) mass is 305 g/mol. The van der Waals surface area contributed by atoms with Gasteiger partial charge in [0.25, 0.3) is 0 Å². The fourth-order valence-electron chi connectivity index (χ4n) is 2.66. The first-order valence-electron chi connectivity index (χ1n) is 7.82. The Morgan fingerprint density at radius 2 is 1.90 bits per heavy atom. The molecular weight excluding hydrogens is 274 g/mol. The van der Waals surface area contributed by atoms with Gasteiger partial charge in [0.15, 0.2) is 0 Å². The SMILES string of the molecule is CCOCCOCC(O)CNCC1(SC)CCCCC1. The third-order valence-corrected chi connectivity index (χ3v) is 5.33. The van der Waals surface area contributed by atoms with E-state index in [0.717, 1.165) is 6.54 Å². The molecule has 0 bridgehead atoms. The summed E-state index contributed by atoms with van der Waals surface area (Å²) in [6.45, 7) is 5.81. The molecular formula is C15H31NO3S. The lowest BCUT2D eigenvalue weighted by Crippen LogP contribution is -2.42. The standard InChI is InChI=1S/C15H31NO3S/c1-3-18-9-10-19-12-14(17)11-16-13-15(20-2)7-5-4-6-8-15/h14,16-17H,3-13H2,1-2H3. The molecule has 20 heavy (non-hydrogen) atoms. The van der Waals surface area contributed by atoms with E-state index >= 15 is 0 Å². The summed E-state index contributed by atoms with van der Waals surface area (Å²) in [6.07, 6.45) is 8.42. The maximum absolute atomic E-state index is 9.86. The number of aliphatic hydroxyl groups is 1. The lowest BCUT2D eigenvalue weighted by Gasteiger charge is -2.36. The second-order valence-corrected chi connectivity index (χ2v) is 6.78. The Kier molecular flexibility index (Phi) is 9.90. The minimum absolute atomic E-state index is 0.381. The van der Waals surface area contributed by atoms with Crippen LogP contribution in [0.5, 0.6) is 0 Å². The van der Waals surface area contributed by atoms with E-state index in [1.807, 2.05) is 18.7 Å². The van der Waals surface area contributed by atoms with Gasteiger partial charge >= 0.3 is 0 Å². The first kappa shape index (κ1) is 18.2. The van der Waals surface area contributed by atoms with Crippen molar-refractivity contribution in [1.29, 1.82) is 0 Å². The van der Waals surface area contributed by atoms with Gasteiger partial charge in [0.1, 0.15) is 0 Å². The average molecular weight is 305 g/mol. The maximum Gasteiger partial charge on any atom is 0.0897 e. The molecule has 0 amide bonds. The van der Waals surface area contributed by atoms with Gasteiger partial charge in [-0.2, -0.15) is 11.8 Å². The van der Waals surface area contributed by atoms with Gasteiger partial charge < -0.3 is 19.9 Å². The van der Waals surface area contributed by atoms with Crippen molar-refractivity contribution in [2.45, 2.75) is 49.9 Å². The number of hydrogen-bond acceptors (Lipinski definition) is 5. The van der Waals surface area contributed by atoms with Crippen LogP contribution in [0.25, 0.3) is 0 Å². The normalized spacial score (nSPS) is 19.9. The van der Waals surface area contributed by atoms with E-state index in [1.165, 1.54) is 32.1 Å².